The van der Waals surface area contributed by atoms with Crippen LogP contribution in [0.15, 0.2) is 35.6 Å². The number of aromatic nitrogens is 1. The molecule has 0 amide bonds. The molecule has 1 aliphatic rings. The van der Waals surface area contributed by atoms with Crippen LogP contribution in [0, 0.1) is 18.6 Å². The molecule has 1 aromatic carbocycles. The third-order valence-corrected chi connectivity index (χ3v) is 4.15. The summed E-state index contributed by atoms with van der Waals surface area (Å²) in [7, 11) is 0. The van der Waals surface area contributed by atoms with Crippen molar-refractivity contribution in [2.45, 2.75) is 25.4 Å². The molecule has 24 heavy (non-hydrogen) atoms. The summed E-state index contributed by atoms with van der Waals surface area (Å²) in [4.78, 5) is 8.98. The summed E-state index contributed by atoms with van der Waals surface area (Å²) < 4.78 is 56.2. The van der Waals surface area contributed by atoms with E-state index in [0.29, 0.717) is 5.56 Å². The van der Waals surface area contributed by atoms with Crippen LogP contribution in [0.3, 0.4) is 0 Å². The number of benzene rings is 1. The second kappa shape index (κ2) is 6.16. The maximum atomic E-state index is 14.2. The lowest BCUT2D eigenvalue weighted by Crippen LogP contribution is -2.36. The van der Waals surface area contributed by atoms with Gasteiger partial charge in [0.25, 0.3) is 6.43 Å². The van der Waals surface area contributed by atoms with E-state index in [9.17, 15) is 17.6 Å². The number of hydrogen-bond donors (Lipinski definition) is 0. The quantitative estimate of drug-likeness (QED) is 0.682. The molecule has 3 rings (SSSR count). The minimum atomic E-state index is -3.00. The molecule has 0 saturated carbocycles. The fraction of sp³-hybridized carbons (Fsp3) is 0.250. The molecule has 0 bridgehead atoms. The maximum Gasteiger partial charge on any atom is 0.286 e. The number of hydrogen-bond acceptors (Lipinski definition) is 3. The van der Waals surface area contributed by atoms with Crippen molar-refractivity contribution in [1.82, 2.24) is 4.98 Å². The number of aryl methyl sites for hydroxylation is 1. The van der Waals surface area contributed by atoms with Crippen LogP contribution in [0.4, 0.5) is 17.6 Å². The molecule has 0 spiro atoms. The summed E-state index contributed by atoms with van der Waals surface area (Å²) >= 11 is 3.02. The van der Waals surface area contributed by atoms with Gasteiger partial charge in [-0.2, -0.15) is 0 Å². The van der Waals surface area contributed by atoms with E-state index in [2.05, 4.69) is 26.1 Å². The van der Waals surface area contributed by atoms with Gasteiger partial charge in [-0.25, -0.2) is 17.6 Å². The first kappa shape index (κ1) is 16.9. The Morgan fingerprint density at radius 3 is 2.46 bits per heavy atom. The second-order valence-electron chi connectivity index (χ2n) is 5.43. The van der Waals surface area contributed by atoms with Crippen molar-refractivity contribution in [2.24, 2.45) is 5.16 Å². The van der Waals surface area contributed by atoms with Gasteiger partial charge in [0, 0.05) is 11.8 Å². The smallest absolute Gasteiger partial charge is 0.286 e. The SMILES string of the molecule is Cc1cnc(C2(C(F)F)CC(Br)=NO2)c(-c2c(F)cccc2F)c1. The van der Waals surface area contributed by atoms with E-state index in [1.54, 1.807) is 6.92 Å². The molecular formula is C16H11BrF4N2O. The molecular weight excluding hydrogens is 392 g/mol. The van der Waals surface area contributed by atoms with E-state index in [0.717, 1.165) is 12.1 Å². The van der Waals surface area contributed by atoms with Gasteiger partial charge in [-0.05, 0) is 46.6 Å². The summed E-state index contributed by atoms with van der Waals surface area (Å²) in [6.07, 6.45) is -1.94. The molecule has 1 atom stereocenters. The number of pyridine rings is 1. The summed E-state index contributed by atoms with van der Waals surface area (Å²) in [6, 6.07) is 4.72. The molecule has 0 radical (unpaired) electrons. The van der Waals surface area contributed by atoms with Crippen LogP contribution in [0.5, 0.6) is 0 Å². The van der Waals surface area contributed by atoms with Gasteiger partial charge in [-0.15, -0.1) is 0 Å². The number of alkyl halides is 2. The first-order chi connectivity index (χ1) is 11.3. The van der Waals surface area contributed by atoms with Crippen LogP contribution in [0.1, 0.15) is 17.7 Å². The van der Waals surface area contributed by atoms with Crippen LogP contribution in [-0.2, 0) is 10.4 Å². The van der Waals surface area contributed by atoms with Crippen molar-refractivity contribution in [2.75, 3.05) is 0 Å². The van der Waals surface area contributed by atoms with Crippen LogP contribution < -0.4 is 0 Å². The monoisotopic (exact) mass is 402 g/mol. The Kier molecular flexibility index (Phi) is 4.33. The average molecular weight is 403 g/mol. The minimum absolute atomic E-state index is 0.0803. The normalized spacial score (nSPS) is 20.2. The number of rotatable bonds is 3. The Bertz CT molecular complexity index is 807. The zero-order valence-electron chi connectivity index (χ0n) is 12.4. The first-order valence-corrected chi connectivity index (χ1v) is 7.74. The number of halogens is 5. The summed E-state index contributed by atoms with van der Waals surface area (Å²) in [6.45, 7) is 1.65. The van der Waals surface area contributed by atoms with Gasteiger partial charge in [0.05, 0.1) is 12.0 Å². The lowest BCUT2D eigenvalue weighted by atomic mass is 9.89. The zero-order chi connectivity index (χ0) is 17.5. The maximum absolute atomic E-state index is 14.2. The topological polar surface area (TPSA) is 34.5 Å². The fourth-order valence-electron chi connectivity index (χ4n) is 2.61. The highest BCUT2D eigenvalue weighted by atomic mass is 79.9. The molecule has 0 aliphatic carbocycles. The van der Waals surface area contributed by atoms with Crippen molar-refractivity contribution < 1.29 is 22.4 Å². The largest absolute Gasteiger partial charge is 0.375 e. The van der Waals surface area contributed by atoms with Crippen molar-refractivity contribution in [1.29, 1.82) is 0 Å². The van der Waals surface area contributed by atoms with Gasteiger partial charge in [0.15, 0.2) is 0 Å². The van der Waals surface area contributed by atoms with Crippen LogP contribution in [-0.4, -0.2) is 16.0 Å². The van der Waals surface area contributed by atoms with E-state index >= 15 is 0 Å². The van der Waals surface area contributed by atoms with E-state index in [1.165, 1.54) is 18.3 Å². The fourth-order valence-corrected chi connectivity index (χ4v) is 3.10. The van der Waals surface area contributed by atoms with E-state index in [-0.39, 0.29) is 22.3 Å². The molecule has 2 heterocycles. The van der Waals surface area contributed by atoms with E-state index < -0.39 is 29.2 Å². The van der Waals surface area contributed by atoms with Crippen molar-refractivity contribution in [3.8, 4) is 11.1 Å². The first-order valence-electron chi connectivity index (χ1n) is 6.95. The van der Waals surface area contributed by atoms with Crippen LogP contribution in [0.2, 0.25) is 0 Å². The molecule has 0 saturated heterocycles. The molecule has 0 N–H and O–H groups in total. The van der Waals surface area contributed by atoms with Gasteiger partial charge in [-0.1, -0.05) is 11.2 Å². The Balaban J connectivity index is 2.27. The third-order valence-electron chi connectivity index (χ3n) is 3.73. The molecule has 1 aliphatic heterocycles. The average Bonchev–Trinajstić information content (AvgIpc) is 2.90. The molecule has 3 nitrogen and oxygen atoms in total. The molecule has 1 unspecified atom stereocenters. The van der Waals surface area contributed by atoms with E-state index in [4.69, 9.17) is 4.84 Å². The number of oxime groups is 1. The van der Waals surface area contributed by atoms with Crippen molar-refractivity contribution in [3.63, 3.8) is 0 Å². The predicted octanol–water partition coefficient (Wildman–Crippen LogP) is 4.92. The highest BCUT2D eigenvalue weighted by Crippen LogP contribution is 2.45. The predicted molar refractivity (Wildman–Crippen MR) is 84.1 cm³/mol. The van der Waals surface area contributed by atoms with Crippen LogP contribution >= 0.6 is 15.9 Å². The Hall–Kier alpha value is -1.96. The minimum Gasteiger partial charge on any atom is -0.375 e. The summed E-state index contributed by atoms with van der Waals surface area (Å²) in [5.74, 6) is -1.74. The number of nitrogens with zero attached hydrogens (tertiary/aromatic N) is 2. The van der Waals surface area contributed by atoms with Gasteiger partial charge < -0.3 is 4.84 Å². The highest BCUT2D eigenvalue weighted by molar-refractivity contribution is 9.18. The lowest BCUT2D eigenvalue weighted by molar-refractivity contribution is -0.131. The Labute approximate surface area is 143 Å². The lowest BCUT2D eigenvalue weighted by Gasteiger charge is -2.27. The van der Waals surface area contributed by atoms with Crippen molar-refractivity contribution >= 4 is 20.6 Å². The van der Waals surface area contributed by atoms with Gasteiger partial charge in [0.2, 0.25) is 5.60 Å². The zero-order valence-corrected chi connectivity index (χ0v) is 13.9. The van der Waals surface area contributed by atoms with Gasteiger partial charge >= 0.3 is 0 Å². The third kappa shape index (κ3) is 2.68. The van der Waals surface area contributed by atoms with Gasteiger partial charge in [0.1, 0.15) is 21.9 Å². The van der Waals surface area contributed by atoms with Gasteiger partial charge in [-0.3, -0.25) is 4.98 Å². The molecule has 126 valence electrons. The highest BCUT2D eigenvalue weighted by Gasteiger charge is 2.52. The summed E-state index contributed by atoms with van der Waals surface area (Å²) in [5, 5.41) is 3.52. The standard InChI is InChI=1S/C16H11BrF4N2O/c1-8-5-9(13-10(18)3-2-4-11(13)19)14(22-7-8)16(15(20)21)6-12(17)23-24-16/h2-5,7,15H,6H2,1H3. The molecule has 1 aromatic heterocycles. The Morgan fingerprint density at radius 1 is 1.25 bits per heavy atom. The van der Waals surface area contributed by atoms with E-state index in [1.807, 2.05) is 0 Å². The van der Waals surface area contributed by atoms with Crippen molar-refractivity contribution in [3.05, 3.63) is 53.4 Å². The van der Waals surface area contributed by atoms with Crippen LogP contribution in [0.25, 0.3) is 11.1 Å². The Morgan fingerprint density at radius 2 is 1.92 bits per heavy atom. The molecule has 8 heteroatoms. The molecule has 2 aromatic rings. The molecule has 0 fully saturated rings. The second-order valence-corrected chi connectivity index (χ2v) is 6.35. The summed E-state index contributed by atoms with van der Waals surface area (Å²) in [5.41, 5.74) is -2.39.